The van der Waals surface area contributed by atoms with Gasteiger partial charge in [0.15, 0.2) is 0 Å². The zero-order valence-electron chi connectivity index (χ0n) is 13.2. The molecule has 0 saturated heterocycles. The number of nitrogens with one attached hydrogen (secondary N) is 1. The molecule has 0 aliphatic carbocycles. The van der Waals surface area contributed by atoms with Gasteiger partial charge in [-0.3, -0.25) is 0 Å². The zero-order chi connectivity index (χ0) is 14.5. The van der Waals surface area contributed by atoms with Gasteiger partial charge in [-0.15, -0.1) is 10.2 Å². The first-order valence-electron chi connectivity index (χ1n) is 7.83. The fourth-order valence-corrected chi connectivity index (χ4v) is 3.74. The highest BCUT2D eigenvalue weighted by Crippen LogP contribution is 2.19. The van der Waals surface area contributed by atoms with E-state index in [4.69, 9.17) is 0 Å². The normalized spacial score (nSPS) is 18.1. The Balaban J connectivity index is 1.85. The van der Waals surface area contributed by atoms with Crippen molar-refractivity contribution < 1.29 is 0 Å². The zero-order valence-corrected chi connectivity index (χ0v) is 14.0. The second-order valence-electron chi connectivity index (χ2n) is 6.30. The summed E-state index contributed by atoms with van der Waals surface area (Å²) >= 11 is 2.03. The maximum absolute atomic E-state index is 4.40. The molecule has 114 valence electrons. The van der Waals surface area contributed by atoms with Crippen LogP contribution >= 0.6 is 11.8 Å². The SMILES string of the molecule is CC(C)CSC[C@H](C)N[C@H](C)c1nnc2n1CCCC2. The van der Waals surface area contributed by atoms with Gasteiger partial charge in [-0.25, -0.2) is 0 Å². The highest BCUT2D eigenvalue weighted by Gasteiger charge is 2.20. The summed E-state index contributed by atoms with van der Waals surface area (Å²) < 4.78 is 2.31. The second kappa shape index (κ2) is 7.46. The molecule has 1 aliphatic heterocycles. The molecular weight excluding hydrogens is 268 g/mol. The summed E-state index contributed by atoms with van der Waals surface area (Å²) in [6, 6.07) is 0.786. The fraction of sp³-hybridized carbons (Fsp3) is 0.867. The van der Waals surface area contributed by atoms with Crippen LogP contribution in [0.3, 0.4) is 0 Å². The van der Waals surface area contributed by atoms with E-state index >= 15 is 0 Å². The average molecular weight is 296 g/mol. The Morgan fingerprint density at radius 1 is 1.15 bits per heavy atom. The van der Waals surface area contributed by atoms with Crippen LogP contribution in [-0.4, -0.2) is 32.3 Å². The fourth-order valence-electron chi connectivity index (χ4n) is 2.68. The van der Waals surface area contributed by atoms with Crippen molar-refractivity contribution in [3.8, 4) is 0 Å². The highest BCUT2D eigenvalue weighted by molar-refractivity contribution is 7.99. The van der Waals surface area contributed by atoms with E-state index in [2.05, 4.69) is 47.8 Å². The van der Waals surface area contributed by atoms with Crippen LogP contribution in [0, 0.1) is 5.92 Å². The van der Waals surface area contributed by atoms with Gasteiger partial charge in [-0.05, 0) is 38.4 Å². The lowest BCUT2D eigenvalue weighted by Crippen LogP contribution is -2.33. The molecule has 2 heterocycles. The topological polar surface area (TPSA) is 42.7 Å². The largest absolute Gasteiger partial charge is 0.314 e. The van der Waals surface area contributed by atoms with E-state index in [1.54, 1.807) is 0 Å². The molecule has 0 aromatic carbocycles. The molecule has 2 atom stereocenters. The molecule has 0 saturated carbocycles. The summed E-state index contributed by atoms with van der Waals surface area (Å²) in [5.41, 5.74) is 0. The molecule has 0 radical (unpaired) electrons. The predicted octanol–water partition coefficient (Wildman–Crippen LogP) is 3.04. The van der Waals surface area contributed by atoms with Gasteiger partial charge in [-0.2, -0.15) is 11.8 Å². The van der Waals surface area contributed by atoms with Crippen LogP contribution in [0.5, 0.6) is 0 Å². The van der Waals surface area contributed by atoms with Crippen LogP contribution in [0.2, 0.25) is 0 Å². The maximum atomic E-state index is 4.40. The molecule has 0 unspecified atom stereocenters. The third kappa shape index (κ3) is 4.22. The van der Waals surface area contributed by atoms with E-state index in [9.17, 15) is 0 Å². The van der Waals surface area contributed by atoms with Crippen molar-refractivity contribution in [2.45, 2.75) is 65.6 Å². The van der Waals surface area contributed by atoms with Crippen molar-refractivity contribution in [3.05, 3.63) is 11.6 Å². The Bertz CT molecular complexity index is 416. The smallest absolute Gasteiger partial charge is 0.149 e. The van der Waals surface area contributed by atoms with Gasteiger partial charge in [0.25, 0.3) is 0 Å². The van der Waals surface area contributed by atoms with E-state index in [1.165, 1.54) is 24.4 Å². The van der Waals surface area contributed by atoms with Gasteiger partial charge in [0.2, 0.25) is 0 Å². The molecule has 1 aliphatic rings. The summed E-state index contributed by atoms with van der Waals surface area (Å²) in [5, 5.41) is 12.4. The minimum atomic E-state index is 0.281. The second-order valence-corrected chi connectivity index (χ2v) is 7.38. The highest BCUT2D eigenvalue weighted by atomic mass is 32.2. The molecule has 1 aromatic heterocycles. The predicted molar refractivity (Wildman–Crippen MR) is 86.1 cm³/mol. The van der Waals surface area contributed by atoms with Crippen molar-refractivity contribution in [1.29, 1.82) is 0 Å². The molecule has 4 nitrogen and oxygen atoms in total. The summed E-state index contributed by atoms with van der Waals surface area (Å²) in [6.45, 7) is 10.1. The van der Waals surface area contributed by atoms with Gasteiger partial charge in [0.1, 0.15) is 11.6 Å². The first-order chi connectivity index (χ1) is 9.58. The van der Waals surface area contributed by atoms with Crippen LogP contribution < -0.4 is 5.32 Å². The van der Waals surface area contributed by atoms with E-state index in [0.717, 1.165) is 30.5 Å². The van der Waals surface area contributed by atoms with Crippen LogP contribution in [0.4, 0.5) is 0 Å². The minimum absolute atomic E-state index is 0.281. The Morgan fingerprint density at radius 3 is 2.70 bits per heavy atom. The molecule has 20 heavy (non-hydrogen) atoms. The summed E-state index contributed by atoms with van der Waals surface area (Å²) in [7, 11) is 0. The number of hydrogen-bond donors (Lipinski definition) is 1. The van der Waals surface area contributed by atoms with Crippen LogP contribution in [0.15, 0.2) is 0 Å². The number of nitrogens with zero attached hydrogens (tertiary/aromatic N) is 3. The average Bonchev–Trinajstić information content (AvgIpc) is 2.82. The Hall–Kier alpha value is -0.550. The van der Waals surface area contributed by atoms with Gasteiger partial charge in [0, 0.05) is 24.8 Å². The standard InChI is InChI=1S/C15H28N4S/c1-11(2)9-20-10-12(3)16-13(4)15-18-17-14-7-5-6-8-19(14)15/h11-13,16H,5-10H2,1-4H3/t12-,13+/m0/s1. The Morgan fingerprint density at radius 2 is 1.95 bits per heavy atom. The third-order valence-corrected chi connectivity index (χ3v) is 5.27. The van der Waals surface area contributed by atoms with E-state index in [1.807, 2.05) is 11.8 Å². The van der Waals surface area contributed by atoms with E-state index in [-0.39, 0.29) is 6.04 Å². The molecule has 0 spiro atoms. The molecule has 5 heteroatoms. The lowest BCUT2D eigenvalue weighted by atomic mass is 10.1. The van der Waals surface area contributed by atoms with Crippen molar-refractivity contribution in [2.24, 2.45) is 5.92 Å². The molecule has 2 rings (SSSR count). The van der Waals surface area contributed by atoms with Crippen molar-refractivity contribution in [1.82, 2.24) is 20.1 Å². The van der Waals surface area contributed by atoms with Crippen LogP contribution in [0.25, 0.3) is 0 Å². The third-order valence-electron chi connectivity index (χ3n) is 3.63. The van der Waals surface area contributed by atoms with Gasteiger partial charge in [-0.1, -0.05) is 13.8 Å². The molecular formula is C15H28N4S. The van der Waals surface area contributed by atoms with Crippen molar-refractivity contribution >= 4 is 11.8 Å². The molecule has 0 bridgehead atoms. The van der Waals surface area contributed by atoms with Gasteiger partial charge in [0.05, 0.1) is 6.04 Å². The lowest BCUT2D eigenvalue weighted by Gasteiger charge is -2.22. The Kier molecular flexibility index (Phi) is 5.90. The number of aromatic nitrogens is 3. The molecule has 1 aromatic rings. The summed E-state index contributed by atoms with van der Waals surface area (Å²) in [4.78, 5) is 0. The first-order valence-corrected chi connectivity index (χ1v) is 8.99. The molecule has 0 fully saturated rings. The molecule has 1 N–H and O–H groups in total. The maximum Gasteiger partial charge on any atom is 0.149 e. The number of hydrogen-bond acceptors (Lipinski definition) is 4. The van der Waals surface area contributed by atoms with Gasteiger partial charge >= 0.3 is 0 Å². The number of thioether (sulfide) groups is 1. The number of aryl methyl sites for hydroxylation is 1. The van der Waals surface area contributed by atoms with Crippen LogP contribution in [0.1, 0.15) is 58.2 Å². The van der Waals surface area contributed by atoms with E-state index in [0.29, 0.717) is 6.04 Å². The summed E-state index contributed by atoms with van der Waals surface area (Å²) in [6.07, 6.45) is 3.59. The number of rotatable bonds is 7. The quantitative estimate of drug-likeness (QED) is 0.840. The lowest BCUT2D eigenvalue weighted by molar-refractivity contribution is 0.444. The van der Waals surface area contributed by atoms with Gasteiger partial charge < -0.3 is 9.88 Å². The Labute approximate surface area is 127 Å². The number of fused-ring (bicyclic) bond motifs is 1. The van der Waals surface area contributed by atoms with Crippen LogP contribution in [-0.2, 0) is 13.0 Å². The van der Waals surface area contributed by atoms with Crippen molar-refractivity contribution in [2.75, 3.05) is 11.5 Å². The van der Waals surface area contributed by atoms with E-state index < -0.39 is 0 Å². The first kappa shape index (κ1) is 15.8. The monoisotopic (exact) mass is 296 g/mol. The summed E-state index contributed by atoms with van der Waals surface area (Å²) in [5.74, 6) is 5.44. The molecule has 0 amide bonds. The minimum Gasteiger partial charge on any atom is -0.314 e. The van der Waals surface area contributed by atoms with Crippen molar-refractivity contribution in [3.63, 3.8) is 0 Å².